The third-order valence-corrected chi connectivity index (χ3v) is 4.27. The Hall–Kier alpha value is -2.28. The summed E-state index contributed by atoms with van der Waals surface area (Å²) in [6.07, 6.45) is 2.38. The van der Waals surface area contributed by atoms with Gasteiger partial charge in [0.15, 0.2) is 10.4 Å². The van der Waals surface area contributed by atoms with Gasteiger partial charge < -0.3 is 19.4 Å². The molecule has 24 heavy (non-hydrogen) atoms. The number of hydrogen-bond donors (Lipinski definition) is 1. The molecule has 1 aliphatic heterocycles. The zero-order valence-electron chi connectivity index (χ0n) is 13.2. The summed E-state index contributed by atoms with van der Waals surface area (Å²) >= 11 is 3.17. The number of amides is 2. The molecule has 126 valence electrons. The van der Waals surface area contributed by atoms with Crippen LogP contribution in [-0.4, -0.2) is 25.5 Å². The molecule has 2 heterocycles. The molecule has 0 spiro atoms. The molecule has 6 nitrogen and oxygen atoms in total. The number of piperidine rings is 1. The minimum absolute atomic E-state index is 0.0676. The standard InChI is InChI=1S/C17H17BrN2O4/c1-23-13-6-5-11(19-17(22)14-7-8-15(18)24-14)10-12(13)20-9-3-2-4-16(20)21/h5-8,10H,2-4,9H2,1H3,(H,19,22). The molecular weight excluding hydrogens is 376 g/mol. The molecule has 0 atom stereocenters. The van der Waals surface area contributed by atoms with Crippen LogP contribution in [0.1, 0.15) is 29.8 Å². The molecule has 0 bridgehead atoms. The largest absolute Gasteiger partial charge is 0.495 e. The molecule has 1 aromatic carbocycles. The Morgan fingerprint density at radius 2 is 2.12 bits per heavy atom. The average molecular weight is 393 g/mol. The summed E-state index contributed by atoms with van der Waals surface area (Å²) in [6.45, 7) is 0.651. The van der Waals surface area contributed by atoms with Crippen LogP contribution in [0.5, 0.6) is 5.75 Å². The number of methoxy groups -OCH3 is 1. The van der Waals surface area contributed by atoms with Crippen molar-refractivity contribution in [3.05, 3.63) is 40.8 Å². The van der Waals surface area contributed by atoms with Gasteiger partial charge in [0.25, 0.3) is 5.91 Å². The molecule has 0 radical (unpaired) electrons. The first kappa shape index (κ1) is 16.6. The van der Waals surface area contributed by atoms with Crippen LogP contribution in [0, 0.1) is 0 Å². The first-order valence-electron chi connectivity index (χ1n) is 7.63. The van der Waals surface area contributed by atoms with Crippen LogP contribution in [0.25, 0.3) is 0 Å². The Morgan fingerprint density at radius 3 is 2.79 bits per heavy atom. The number of anilines is 2. The molecule has 2 aromatic rings. The highest BCUT2D eigenvalue weighted by Gasteiger charge is 2.23. The Balaban J connectivity index is 1.85. The number of carbonyl (C=O) groups excluding carboxylic acids is 2. The number of nitrogens with zero attached hydrogens (tertiary/aromatic N) is 1. The highest BCUT2D eigenvalue weighted by atomic mass is 79.9. The quantitative estimate of drug-likeness (QED) is 0.858. The van der Waals surface area contributed by atoms with Crippen molar-refractivity contribution in [1.29, 1.82) is 0 Å². The second-order valence-electron chi connectivity index (χ2n) is 5.45. The minimum Gasteiger partial charge on any atom is -0.495 e. The Kier molecular flexibility index (Phi) is 4.89. The van der Waals surface area contributed by atoms with E-state index in [4.69, 9.17) is 9.15 Å². The smallest absolute Gasteiger partial charge is 0.291 e. The molecule has 2 amide bonds. The van der Waals surface area contributed by atoms with Gasteiger partial charge in [-0.05, 0) is 59.1 Å². The lowest BCUT2D eigenvalue weighted by atomic mass is 10.1. The monoisotopic (exact) mass is 392 g/mol. The fraction of sp³-hybridized carbons (Fsp3) is 0.294. The predicted molar refractivity (Wildman–Crippen MR) is 93.6 cm³/mol. The summed E-state index contributed by atoms with van der Waals surface area (Å²) in [6, 6.07) is 8.45. The molecule has 1 aromatic heterocycles. The summed E-state index contributed by atoms with van der Waals surface area (Å²) < 4.78 is 11.1. The van der Waals surface area contributed by atoms with E-state index >= 15 is 0 Å². The van der Waals surface area contributed by atoms with E-state index in [2.05, 4.69) is 21.2 Å². The molecule has 0 unspecified atom stereocenters. The Labute approximate surface area is 147 Å². The number of ether oxygens (including phenoxy) is 1. The summed E-state index contributed by atoms with van der Waals surface area (Å²) in [4.78, 5) is 26.1. The molecule has 1 aliphatic rings. The second-order valence-corrected chi connectivity index (χ2v) is 6.23. The van der Waals surface area contributed by atoms with Gasteiger partial charge >= 0.3 is 0 Å². The normalized spacial score (nSPS) is 14.6. The van der Waals surface area contributed by atoms with E-state index in [1.54, 1.807) is 42.3 Å². The van der Waals surface area contributed by atoms with Crippen LogP contribution in [0.2, 0.25) is 0 Å². The van der Waals surface area contributed by atoms with E-state index in [1.165, 1.54) is 0 Å². The lowest BCUT2D eigenvalue weighted by Crippen LogP contribution is -2.35. The van der Waals surface area contributed by atoms with Gasteiger partial charge in [0, 0.05) is 18.7 Å². The summed E-state index contributed by atoms with van der Waals surface area (Å²) in [7, 11) is 1.56. The van der Waals surface area contributed by atoms with Gasteiger partial charge in [0.05, 0.1) is 12.8 Å². The molecule has 0 saturated carbocycles. The van der Waals surface area contributed by atoms with Crippen molar-refractivity contribution in [2.24, 2.45) is 0 Å². The maximum Gasteiger partial charge on any atom is 0.291 e. The number of nitrogens with one attached hydrogen (secondary N) is 1. The van der Waals surface area contributed by atoms with Crippen LogP contribution in [0.4, 0.5) is 11.4 Å². The molecule has 7 heteroatoms. The van der Waals surface area contributed by atoms with Crippen molar-refractivity contribution < 1.29 is 18.7 Å². The fourth-order valence-electron chi connectivity index (χ4n) is 2.67. The highest BCUT2D eigenvalue weighted by Crippen LogP contribution is 2.33. The molecule has 1 saturated heterocycles. The van der Waals surface area contributed by atoms with E-state index in [-0.39, 0.29) is 17.6 Å². The van der Waals surface area contributed by atoms with Gasteiger partial charge in [0.2, 0.25) is 5.91 Å². The van der Waals surface area contributed by atoms with E-state index in [9.17, 15) is 9.59 Å². The van der Waals surface area contributed by atoms with Gasteiger partial charge in [-0.2, -0.15) is 0 Å². The highest BCUT2D eigenvalue weighted by molar-refractivity contribution is 9.10. The maximum atomic E-state index is 12.2. The van der Waals surface area contributed by atoms with Gasteiger partial charge in [-0.25, -0.2) is 0 Å². The van der Waals surface area contributed by atoms with E-state index in [0.29, 0.717) is 34.8 Å². The van der Waals surface area contributed by atoms with Crippen molar-refractivity contribution in [3.8, 4) is 5.75 Å². The van der Waals surface area contributed by atoms with Crippen molar-refractivity contribution >= 4 is 39.1 Å². The van der Waals surface area contributed by atoms with Crippen LogP contribution in [0.15, 0.2) is 39.4 Å². The van der Waals surface area contributed by atoms with Crippen molar-refractivity contribution in [1.82, 2.24) is 0 Å². The Bertz CT molecular complexity index is 772. The van der Waals surface area contributed by atoms with E-state index < -0.39 is 0 Å². The summed E-state index contributed by atoms with van der Waals surface area (Å²) in [5.41, 5.74) is 1.24. The summed E-state index contributed by atoms with van der Waals surface area (Å²) in [5.74, 6) is 0.511. The zero-order valence-corrected chi connectivity index (χ0v) is 14.8. The van der Waals surface area contributed by atoms with Crippen LogP contribution < -0.4 is 15.0 Å². The summed E-state index contributed by atoms with van der Waals surface area (Å²) in [5, 5.41) is 2.77. The molecule has 1 N–H and O–H groups in total. The van der Waals surface area contributed by atoms with Crippen LogP contribution in [0.3, 0.4) is 0 Å². The third kappa shape index (κ3) is 3.46. The minimum atomic E-state index is -0.359. The van der Waals surface area contributed by atoms with E-state index in [0.717, 1.165) is 12.8 Å². The lowest BCUT2D eigenvalue weighted by Gasteiger charge is -2.28. The van der Waals surface area contributed by atoms with Gasteiger partial charge in [-0.1, -0.05) is 0 Å². The van der Waals surface area contributed by atoms with Crippen LogP contribution in [-0.2, 0) is 4.79 Å². The number of halogens is 1. The average Bonchev–Trinajstić information content (AvgIpc) is 3.02. The van der Waals surface area contributed by atoms with Gasteiger partial charge in [0.1, 0.15) is 5.75 Å². The lowest BCUT2D eigenvalue weighted by molar-refractivity contribution is -0.119. The maximum absolute atomic E-state index is 12.2. The Morgan fingerprint density at radius 1 is 1.29 bits per heavy atom. The molecule has 0 aliphatic carbocycles. The van der Waals surface area contributed by atoms with Gasteiger partial charge in [-0.15, -0.1) is 0 Å². The second kappa shape index (κ2) is 7.09. The third-order valence-electron chi connectivity index (χ3n) is 3.85. The topological polar surface area (TPSA) is 71.8 Å². The first-order chi connectivity index (χ1) is 11.6. The number of hydrogen-bond acceptors (Lipinski definition) is 4. The number of carbonyl (C=O) groups is 2. The SMILES string of the molecule is COc1ccc(NC(=O)c2ccc(Br)o2)cc1N1CCCCC1=O. The predicted octanol–water partition coefficient (Wildman–Crippen LogP) is 3.82. The van der Waals surface area contributed by atoms with Crippen molar-refractivity contribution in [2.45, 2.75) is 19.3 Å². The molecule has 3 rings (SSSR count). The number of furan rings is 1. The molecule has 1 fully saturated rings. The fourth-order valence-corrected chi connectivity index (χ4v) is 2.97. The number of benzene rings is 1. The zero-order chi connectivity index (χ0) is 17.1. The van der Waals surface area contributed by atoms with Crippen molar-refractivity contribution in [2.75, 3.05) is 23.9 Å². The first-order valence-corrected chi connectivity index (χ1v) is 8.43. The van der Waals surface area contributed by atoms with Crippen LogP contribution >= 0.6 is 15.9 Å². The number of rotatable bonds is 4. The molecular formula is C17H17BrN2O4. The van der Waals surface area contributed by atoms with Crippen molar-refractivity contribution in [3.63, 3.8) is 0 Å². The van der Waals surface area contributed by atoms with Gasteiger partial charge in [-0.3, -0.25) is 9.59 Å². The van der Waals surface area contributed by atoms with E-state index in [1.807, 2.05) is 0 Å².